The van der Waals surface area contributed by atoms with Crippen molar-refractivity contribution in [2.45, 2.75) is 13.0 Å². The molecule has 0 radical (unpaired) electrons. The lowest BCUT2D eigenvalue weighted by molar-refractivity contribution is 0.475. The molecule has 4 nitrogen and oxygen atoms in total. The molecule has 102 valence electrons. The van der Waals surface area contributed by atoms with E-state index in [1.807, 2.05) is 17.0 Å². The van der Waals surface area contributed by atoms with Crippen LogP contribution in [0, 0.1) is 6.92 Å². The Kier molecular flexibility index (Phi) is 3.06. The lowest BCUT2D eigenvalue weighted by Crippen LogP contribution is -2.36. The fraction of sp³-hybridized carbons (Fsp3) is 0.188. The molecule has 0 fully saturated rings. The number of nitrogens with two attached hydrogens (primary N) is 1. The van der Waals surface area contributed by atoms with Gasteiger partial charge >= 0.3 is 0 Å². The highest BCUT2D eigenvalue weighted by atomic mass is 16.3. The van der Waals surface area contributed by atoms with Crippen LogP contribution in [0.4, 0.5) is 5.69 Å². The fourth-order valence-electron chi connectivity index (χ4n) is 2.47. The summed E-state index contributed by atoms with van der Waals surface area (Å²) in [7, 11) is 0. The topological polar surface area (TPSA) is 61.8 Å². The maximum atomic E-state index is 9.40. The Hall–Kier alpha value is -2.49. The van der Waals surface area contributed by atoms with E-state index in [0.29, 0.717) is 12.5 Å². The van der Waals surface area contributed by atoms with Gasteiger partial charge < -0.3 is 15.7 Å². The van der Waals surface area contributed by atoms with Gasteiger partial charge in [-0.25, -0.2) is 0 Å². The molecule has 0 bridgehead atoms. The van der Waals surface area contributed by atoms with E-state index in [1.165, 1.54) is 5.56 Å². The minimum atomic E-state index is 0.0818. The molecule has 3 rings (SSSR count). The van der Waals surface area contributed by atoms with Crippen molar-refractivity contribution in [3.63, 3.8) is 0 Å². The maximum absolute atomic E-state index is 9.40. The first-order valence-electron chi connectivity index (χ1n) is 6.60. The monoisotopic (exact) mass is 267 g/mol. The SMILES string of the molecule is Cc1ccc(N2C(N)=NCC2c2ccc(O)cc2)cc1. The Morgan fingerprint density at radius 1 is 1.10 bits per heavy atom. The molecule has 3 N–H and O–H groups in total. The average molecular weight is 267 g/mol. The first kappa shape index (κ1) is 12.5. The van der Waals surface area contributed by atoms with E-state index in [-0.39, 0.29) is 11.8 Å². The minimum absolute atomic E-state index is 0.0818. The normalized spacial score (nSPS) is 18.1. The van der Waals surface area contributed by atoms with Gasteiger partial charge in [0.2, 0.25) is 0 Å². The van der Waals surface area contributed by atoms with Crippen LogP contribution >= 0.6 is 0 Å². The summed E-state index contributed by atoms with van der Waals surface area (Å²) >= 11 is 0. The van der Waals surface area contributed by atoms with Gasteiger partial charge in [-0.3, -0.25) is 4.99 Å². The Morgan fingerprint density at radius 3 is 2.40 bits per heavy atom. The minimum Gasteiger partial charge on any atom is -0.508 e. The van der Waals surface area contributed by atoms with Gasteiger partial charge in [0.15, 0.2) is 5.96 Å². The number of aromatic hydroxyl groups is 1. The zero-order valence-electron chi connectivity index (χ0n) is 11.3. The molecule has 1 atom stereocenters. The largest absolute Gasteiger partial charge is 0.508 e. The van der Waals surface area contributed by atoms with Gasteiger partial charge in [0, 0.05) is 5.69 Å². The molecule has 1 unspecified atom stereocenters. The Morgan fingerprint density at radius 2 is 1.75 bits per heavy atom. The second-order valence-corrected chi connectivity index (χ2v) is 5.01. The highest BCUT2D eigenvalue weighted by Gasteiger charge is 2.28. The van der Waals surface area contributed by atoms with Crippen molar-refractivity contribution in [2.24, 2.45) is 10.7 Å². The highest BCUT2D eigenvalue weighted by Crippen LogP contribution is 2.31. The van der Waals surface area contributed by atoms with E-state index in [2.05, 4.69) is 36.2 Å². The smallest absolute Gasteiger partial charge is 0.196 e. The molecule has 0 aliphatic carbocycles. The lowest BCUT2D eigenvalue weighted by Gasteiger charge is -2.26. The third kappa shape index (κ3) is 2.20. The highest BCUT2D eigenvalue weighted by molar-refractivity contribution is 5.97. The van der Waals surface area contributed by atoms with Crippen molar-refractivity contribution in [1.82, 2.24) is 0 Å². The van der Waals surface area contributed by atoms with E-state index in [4.69, 9.17) is 5.73 Å². The molecular weight excluding hydrogens is 250 g/mol. The predicted octanol–water partition coefficient (Wildman–Crippen LogP) is 2.58. The molecule has 1 heterocycles. The Labute approximate surface area is 118 Å². The maximum Gasteiger partial charge on any atom is 0.196 e. The molecule has 0 spiro atoms. The molecule has 4 heteroatoms. The summed E-state index contributed by atoms with van der Waals surface area (Å²) in [6.07, 6.45) is 0. The van der Waals surface area contributed by atoms with Crippen LogP contribution in [0.5, 0.6) is 5.75 Å². The number of phenolic OH excluding ortho intramolecular Hbond substituents is 1. The summed E-state index contributed by atoms with van der Waals surface area (Å²) in [6, 6.07) is 15.5. The van der Waals surface area contributed by atoms with Crippen LogP contribution in [0.2, 0.25) is 0 Å². The molecule has 0 saturated carbocycles. The van der Waals surface area contributed by atoms with Crippen LogP contribution in [0.15, 0.2) is 53.5 Å². The number of anilines is 1. The number of rotatable bonds is 2. The number of hydrogen-bond acceptors (Lipinski definition) is 4. The van der Waals surface area contributed by atoms with E-state index < -0.39 is 0 Å². The van der Waals surface area contributed by atoms with Gasteiger partial charge in [-0.15, -0.1) is 0 Å². The molecule has 1 aliphatic rings. The molecule has 1 aliphatic heterocycles. The van der Waals surface area contributed by atoms with Crippen molar-refractivity contribution >= 4 is 11.6 Å². The zero-order valence-corrected chi connectivity index (χ0v) is 11.3. The van der Waals surface area contributed by atoms with Crippen LogP contribution in [0.3, 0.4) is 0 Å². The van der Waals surface area contributed by atoms with Crippen LogP contribution in [0.1, 0.15) is 17.2 Å². The number of phenols is 1. The molecule has 20 heavy (non-hydrogen) atoms. The van der Waals surface area contributed by atoms with Crippen LogP contribution < -0.4 is 10.6 Å². The van der Waals surface area contributed by atoms with E-state index in [1.54, 1.807) is 12.1 Å². The second kappa shape index (κ2) is 4.89. The van der Waals surface area contributed by atoms with E-state index in [0.717, 1.165) is 11.3 Å². The van der Waals surface area contributed by atoms with Crippen LogP contribution in [0.25, 0.3) is 0 Å². The van der Waals surface area contributed by atoms with E-state index >= 15 is 0 Å². The summed E-state index contributed by atoms with van der Waals surface area (Å²) in [5, 5.41) is 9.40. The number of benzene rings is 2. The number of nitrogens with zero attached hydrogens (tertiary/aromatic N) is 2. The Balaban J connectivity index is 1.96. The van der Waals surface area contributed by atoms with Gasteiger partial charge in [-0.05, 0) is 36.8 Å². The first-order chi connectivity index (χ1) is 9.65. The van der Waals surface area contributed by atoms with Crippen molar-refractivity contribution < 1.29 is 5.11 Å². The summed E-state index contributed by atoms with van der Waals surface area (Å²) in [6.45, 7) is 2.69. The van der Waals surface area contributed by atoms with Gasteiger partial charge in [-0.2, -0.15) is 0 Å². The fourth-order valence-corrected chi connectivity index (χ4v) is 2.47. The van der Waals surface area contributed by atoms with Crippen LogP contribution in [-0.4, -0.2) is 17.6 Å². The van der Waals surface area contributed by atoms with Crippen molar-refractivity contribution in [2.75, 3.05) is 11.4 Å². The second-order valence-electron chi connectivity index (χ2n) is 5.01. The number of aryl methyl sites for hydroxylation is 1. The molecular formula is C16H17N3O. The summed E-state index contributed by atoms with van der Waals surface area (Å²) in [5.41, 5.74) is 9.37. The summed E-state index contributed by atoms with van der Waals surface area (Å²) in [4.78, 5) is 6.39. The number of aliphatic imine (C=N–C) groups is 1. The summed E-state index contributed by atoms with van der Waals surface area (Å²) in [5.74, 6) is 0.800. The van der Waals surface area contributed by atoms with Crippen LogP contribution in [-0.2, 0) is 0 Å². The van der Waals surface area contributed by atoms with Crippen molar-refractivity contribution in [3.05, 3.63) is 59.7 Å². The number of hydrogen-bond donors (Lipinski definition) is 2. The molecule has 0 aromatic heterocycles. The van der Waals surface area contributed by atoms with Gasteiger partial charge in [0.05, 0.1) is 12.6 Å². The standard InChI is InChI=1S/C16H17N3O/c1-11-2-6-13(7-3-11)19-15(10-18-16(19)17)12-4-8-14(20)9-5-12/h2-9,15,20H,10H2,1H3,(H2,17,18). The van der Waals surface area contributed by atoms with Gasteiger partial charge in [-0.1, -0.05) is 29.8 Å². The Bertz CT molecular complexity index is 632. The molecule has 2 aromatic rings. The van der Waals surface area contributed by atoms with Gasteiger partial charge in [0.1, 0.15) is 5.75 Å². The molecule has 0 saturated heterocycles. The third-order valence-corrected chi connectivity index (χ3v) is 3.57. The van der Waals surface area contributed by atoms with Crippen molar-refractivity contribution in [1.29, 1.82) is 0 Å². The van der Waals surface area contributed by atoms with E-state index in [9.17, 15) is 5.11 Å². The average Bonchev–Trinajstić information content (AvgIpc) is 2.83. The summed E-state index contributed by atoms with van der Waals surface area (Å²) < 4.78 is 0. The van der Waals surface area contributed by atoms with Gasteiger partial charge in [0.25, 0.3) is 0 Å². The van der Waals surface area contributed by atoms with Crippen molar-refractivity contribution in [3.8, 4) is 5.75 Å². The first-order valence-corrected chi connectivity index (χ1v) is 6.60. The predicted molar refractivity (Wildman–Crippen MR) is 81.0 cm³/mol. The lowest BCUT2D eigenvalue weighted by atomic mass is 10.1. The zero-order chi connectivity index (χ0) is 14.1. The third-order valence-electron chi connectivity index (χ3n) is 3.57. The quantitative estimate of drug-likeness (QED) is 0.879. The number of guanidine groups is 1. The molecule has 0 amide bonds. The molecule has 2 aromatic carbocycles.